The van der Waals surface area contributed by atoms with Gasteiger partial charge in [0.15, 0.2) is 0 Å². The second-order valence-corrected chi connectivity index (χ2v) is 6.39. The van der Waals surface area contributed by atoms with Crippen molar-refractivity contribution in [1.82, 2.24) is 4.90 Å². The van der Waals surface area contributed by atoms with Crippen LogP contribution >= 0.6 is 11.6 Å². The number of halogens is 1. The van der Waals surface area contributed by atoms with Gasteiger partial charge in [0.1, 0.15) is 0 Å². The molecule has 1 fully saturated rings. The average molecular weight is 282 g/mol. The highest BCUT2D eigenvalue weighted by atomic mass is 35.5. The Morgan fingerprint density at radius 1 is 1.32 bits per heavy atom. The molecular formula is C15H24ClN3. The van der Waals surface area contributed by atoms with E-state index in [1.807, 2.05) is 0 Å². The molecule has 0 spiro atoms. The van der Waals surface area contributed by atoms with Gasteiger partial charge in [0.2, 0.25) is 0 Å². The third kappa shape index (κ3) is 3.22. The van der Waals surface area contributed by atoms with Crippen molar-refractivity contribution >= 4 is 17.3 Å². The van der Waals surface area contributed by atoms with Gasteiger partial charge in [-0.05, 0) is 51.6 Å². The van der Waals surface area contributed by atoms with Crippen LogP contribution in [0.2, 0.25) is 5.02 Å². The maximum absolute atomic E-state index is 6.43. The van der Waals surface area contributed by atoms with Gasteiger partial charge in [0.05, 0.1) is 10.7 Å². The Kier molecular flexibility index (Phi) is 4.39. The number of piperazine rings is 1. The Bertz CT molecular complexity index is 445. The van der Waals surface area contributed by atoms with Crippen LogP contribution < -0.4 is 10.6 Å². The zero-order chi connectivity index (χ0) is 14.0. The topological polar surface area (TPSA) is 32.5 Å². The van der Waals surface area contributed by atoms with Crippen molar-refractivity contribution in [3.8, 4) is 0 Å². The number of likely N-dealkylation sites (N-methyl/N-ethyl adjacent to an activating group) is 1. The summed E-state index contributed by atoms with van der Waals surface area (Å²) < 4.78 is 0. The number of nitrogens with zero attached hydrogens (tertiary/aromatic N) is 2. The minimum Gasteiger partial charge on any atom is -0.367 e. The van der Waals surface area contributed by atoms with Gasteiger partial charge >= 0.3 is 0 Å². The molecule has 1 heterocycles. The molecular weight excluding hydrogens is 258 g/mol. The number of hydrogen-bond acceptors (Lipinski definition) is 3. The molecule has 3 nitrogen and oxygen atoms in total. The van der Waals surface area contributed by atoms with Gasteiger partial charge in [-0.1, -0.05) is 17.7 Å². The lowest BCUT2D eigenvalue weighted by Crippen LogP contribution is -2.57. The fraction of sp³-hybridized carbons (Fsp3) is 0.600. The molecule has 0 saturated carbocycles. The largest absolute Gasteiger partial charge is 0.367 e. The maximum Gasteiger partial charge on any atom is 0.0642 e. The summed E-state index contributed by atoms with van der Waals surface area (Å²) in [6.45, 7) is 8.30. The quantitative estimate of drug-likeness (QED) is 0.923. The van der Waals surface area contributed by atoms with Crippen molar-refractivity contribution in [2.24, 2.45) is 5.73 Å². The highest BCUT2D eigenvalue weighted by Gasteiger charge is 2.31. The molecule has 1 aromatic carbocycles. The molecule has 19 heavy (non-hydrogen) atoms. The average Bonchev–Trinajstić information content (AvgIpc) is 2.33. The zero-order valence-corrected chi connectivity index (χ0v) is 12.9. The number of anilines is 1. The molecule has 1 saturated heterocycles. The van der Waals surface area contributed by atoms with Gasteiger partial charge in [-0.25, -0.2) is 0 Å². The smallest absolute Gasteiger partial charge is 0.0642 e. The summed E-state index contributed by atoms with van der Waals surface area (Å²) in [6.07, 6.45) is 0.883. The Hall–Kier alpha value is -0.770. The highest BCUT2D eigenvalue weighted by Crippen LogP contribution is 2.31. The molecule has 1 aliphatic heterocycles. The van der Waals surface area contributed by atoms with Crippen molar-refractivity contribution in [1.29, 1.82) is 0 Å². The van der Waals surface area contributed by atoms with Crippen molar-refractivity contribution in [3.63, 3.8) is 0 Å². The van der Waals surface area contributed by atoms with Gasteiger partial charge in [-0.2, -0.15) is 0 Å². The van der Waals surface area contributed by atoms with E-state index in [1.165, 1.54) is 5.56 Å². The summed E-state index contributed by atoms with van der Waals surface area (Å²) >= 11 is 6.43. The van der Waals surface area contributed by atoms with Crippen molar-refractivity contribution in [3.05, 3.63) is 28.8 Å². The van der Waals surface area contributed by atoms with E-state index in [0.717, 1.165) is 36.8 Å². The maximum atomic E-state index is 6.43. The molecule has 0 atom stereocenters. The normalized spacial score (nSPS) is 19.7. The lowest BCUT2D eigenvalue weighted by atomic mass is 9.99. The predicted molar refractivity (Wildman–Crippen MR) is 83.1 cm³/mol. The Morgan fingerprint density at radius 3 is 2.63 bits per heavy atom. The third-order valence-electron chi connectivity index (χ3n) is 4.10. The van der Waals surface area contributed by atoms with Crippen LogP contribution in [-0.4, -0.2) is 43.7 Å². The van der Waals surface area contributed by atoms with Crippen LogP contribution in [-0.2, 0) is 6.42 Å². The van der Waals surface area contributed by atoms with Crippen LogP contribution in [0.15, 0.2) is 18.2 Å². The number of rotatable bonds is 3. The van der Waals surface area contributed by atoms with Crippen LogP contribution in [0.25, 0.3) is 0 Å². The first kappa shape index (κ1) is 14.6. The van der Waals surface area contributed by atoms with Gasteiger partial charge in [-0.3, -0.25) is 4.90 Å². The molecule has 4 heteroatoms. The van der Waals surface area contributed by atoms with Crippen LogP contribution in [0.1, 0.15) is 19.4 Å². The Morgan fingerprint density at radius 2 is 2.05 bits per heavy atom. The number of hydrogen-bond donors (Lipinski definition) is 1. The summed E-state index contributed by atoms with van der Waals surface area (Å²) in [6, 6.07) is 6.32. The standard InChI is InChI=1S/C15H24ClN3/c1-15(2)11-19(9-8-18(15)3)14-5-4-12(6-7-17)10-13(14)16/h4-5,10H,6-9,11,17H2,1-3H3. The zero-order valence-electron chi connectivity index (χ0n) is 12.1. The molecule has 2 rings (SSSR count). The second-order valence-electron chi connectivity index (χ2n) is 5.98. The minimum absolute atomic E-state index is 0.178. The van der Waals surface area contributed by atoms with Crippen LogP contribution in [0, 0.1) is 0 Å². The van der Waals surface area contributed by atoms with Crippen molar-refractivity contribution < 1.29 is 0 Å². The highest BCUT2D eigenvalue weighted by molar-refractivity contribution is 6.33. The molecule has 0 aromatic heterocycles. The predicted octanol–water partition coefficient (Wildman–Crippen LogP) is 2.37. The van der Waals surface area contributed by atoms with E-state index in [1.54, 1.807) is 0 Å². The molecule has 0 bridgehead atoms. The number of benzene rings is 1. The summed E-state index contributed by atoms with van der Waals surface area (Å²) in [5.41, 5.74) is 8.12. The van der Waals surface area contributed by atoms with E-state index in [4.69, 9.17) is 17.3 Å². The SMILES string of the molecule is CN1CCN(c2ccc(CCN)cc2Cl)CC1(C)C. The Labute approximate surface area is 121 Å². The van der Waals surface area contributed by atoms with Crippen molar-refractivity contribution in [2.45, 2.75) is 25.8 Å². The first-order chi connectivity index (χ1) is 8.94. The number of nitrogens with two attached hydrogens (primary N) is 1. The Balaban J connectivity index is 2.18. The van der Waals surface area contributed by atoms with E-state index >= 15 is 0 Å². The third-order valence-corrected chi connectivity index (χ3v) is 4.41. The van der Waals surface area contributed by atoms with Gasteiger partial charge in [-0.15, -0.1) is 0 Å². The lowest BCUT2D eigenvalue weighted by Gasteiger charge is -2.46. The molecule has 0 unspecified atom stereocenters. The van der Waals surface area contributed by atoms with Crippen LogP contribution in [0.5, 0.6) is 0 Å². The van der Waals surface area contributed by atoms with Crippen LogP contribution in [0.3, 0.4) is 0 Å². The van der Waals surface area contributed by atoms with Crippen LogP contribution in [0.4, 0.5) is 5.69 Å². The van der Waals surface area contributed by atoms with Gasteiger partial charge in [0.25, 0.3) is 0 Å². The molecule has 0 amide bonds. The fourth-order valence-electron chi connectivity index (χ4n) is 2.57. The first-order valence-electron chi connectivity index (χ1n) is 6.89. The van der Waals surface area contributed by atoms with Crippen molar-refractivity contribution in [2.75, 3.05) is 38.1 Å². The first-order valence-corrected chi connectivity index (χ1v) is 7.26. The second kappa shape index (κ2) is 5.70. The molecule has 2 N–H and O–H groups in total. The monoisotopic (exact) mass is 281 g/mol. The molecule has 0 radical (unpaired) electrons. The van der Waals surface area contributed by atoms with E-state index < -0.39 is 0 Å². The van der Waals surface area contributed by atoms with E-state index in [0.29, 0.717) is 6.54 Å². The summed E-state index contributed by atoms with van der Waals surface area (Å²) in [7, 11) is 2.18. The summed E-state index contributed by atoms with van der Waals surface area (Å²) in [5, 5.41) is 0.839. The molecule has 106 valence electrons. The van der Waals surface area contributed by atoms with E-state index in [2.05, 4.69) is 48.9 Å². The van der Waals surface area contributed by atoms with E-state index in [9.17, 15) is 0 Å². The fourth-order valence-corrected chi connectivity index (χ4v) is 2.90. The summed E-state index contributed by atoms with van der Waals surface area (Å²) in [5.74, 6) is 0. The summed E-state index contributed by atoms with van der Waals surface area (Å²) in [4.78, 5) is 4.79. The van der Waals surface area contributed by atoms with Gasteiger partial charge in [0, 0.05) is 25.2 Å². The minimum atomic E-state index is 0.178. The lowest BCUT2D eigenvalue weighted by molar-refractivity contribution is 0.139. The van der Waals surface area contributed by atoms with Gasteiger partial charge < -0.3 is 10.6 Å². The van der Waals surface area contributed by atoms with E-state index in [-0.39, 0.29) is 5.54 Å². The molecule has 0 aliphatic carbocycles. The molecule has 1 aliphatic rings. The molecule has 1 aromatic rings.